The fraction of sp³-hybridized carbons (Fsp3) is 0.333. The topological polar surface area (TPSA) is 105 Å². The molecule has 8 nitrogen and oxygen atoms in total. The number of amides is 3. The Morgan fingerprint density at radius 2 is 1.54 bits per heavy atom. The molecule has 1 aromatic heterocycles. The van der Waals surface area contributed by atoms with Crippen LogP contribution in [0, 0.1) is 5.92 Å². The third-order valence-corrected chi connectivity index (χ3v) is 6.51. The van der Waals surface area contributed by atoms with Gasteiger partial charge < -0.3 is 15.4 Å². The lowest BCUT2D eigenvalue weighted by atomic mass is 9.98. The second kappa shape index (κ2) is 11.9. The zero-order chi connectivity index (χ0) is 29.0. The first-order valence-electron chi connectivity index (χ1n) is 11.4. The van der Waals surface area contributed by atoms with E-state index in [1.165, 1.54) is 7.11 Å². The molecule has 0 aliphatic heterocycles. The van der Waals surface area contributed by atoms with Crippen molar-refractivity contribution >= 4 is 34.1 Å². The summed E-state index contributed by atoms with van der Waals surface area (Å²) < 4.78 is 83.9. The Hall–Kier alpha value is -3.88. The fourth-order valence-corrected chi connectivity index (χ4v) is 4.10. The van der Waals surface area contributed by atoms with Gasteiger partial charge in [0, 0.05) is 11.3 Å². The summed E-state index contributed by atoms with van der Waals surface area (Å²) in [5.74, 6) is -0.522. The van der Waals surface area contributed by atoms with E-state index in [2.05, 4.69) is 20.8 Å². The Bertz CT molecular complexity index is 1280. The van der Waals surface area contributed by atoms with Crippen LogP contribution in [-0.2, 0) is 17.1 Å². The molecule has 210 valence electrons. The van der Waals surface area contributed by atoms with Crippen molar-refractivity contribution in [2.24, 2.45) is 5.92 Å². The van der Waals surface area contributed by atoms with Crippen LogP contribution in [0.2, 0.25) is 0 Å². The number of benzene rings is 2. The number of methoxy groups -OCH3 is 1. The molecule has 0 spiro atoms. The Morgan fingerprint density at radius 1 is 0.949 bits per heavy atom. The predicted molar refractivity (Wildman–Crippen MR) is 132 cm³/mol. The molecule has 0 saturated heterocycles. The van der Waals surface area contributed by atoms with Crippen molar-refractivity contribution in [3.8, 4) is 16.3 Å². The number of urea groups is 1. The van der Waals surface area contributed by atoms with Gasteiger partial charge in [0.1, 0.15) is 16.8 Å². The van der Waals surface area contributed by atoms with Crippen molar-refractivity contribution in [3.05, 3.63) is 53.6 Å². The normalized spacial score (nSPS) is 13.4. The largest absolute Gasteiger partial charge is 0.497 e. The highest BCUT2D eigenvalue weighted by molar-refractivity contribution is 7.18. The first-order valence-corrected chi connectivity index (χ1v) is 12.2. The second-order valence-electron chi connectivity index (χ2n) is 8.39. The predicted octanol–water partition coefficient (Wildman–Crippen LogP) is 6.43. The van der Waals surface area contributed by atoms with Gasteiger partial charge in [0.05, 0.1) is 18.2 Å². The molecule has 15 heteroatoms. The fourth-order valence-electron chi connectivity index (χ4n) is 3.34. The maximum Gasteiger partial charge on any atom is 0.416 e. The van der Waals surface area contributed by atoms with E-state index in [0.29, 0.717) is 34.9 Å². The summed E-state index contributed by atoms with van der Waals surface area (Å²) >= 11 is 1.06. The highest BCUT2D eigenvalue weighted by atomic mass is 32.1. The van der Waals surface area contributed by atoms with Gasteiger partial charge in [0.15, 0.2) is 0 Å². The van der Waals surface area contributed by atoms with Crippen molar-refractivity contribution in [3.63, 3.8) is 0 Å². The number of alkyl halides is 6. The average molecular weight is 576 g/mol. The van der Waals surface area contributed by atoms with Gasteiger partial charge in [-0.15, -0.1) is 10.2 Å². The molecule has 0 fully saturated rings. The number of rotatable bonds is 8. The minimum Gasteiger partial charge on any atom is -0.497 e. The van der Waals surface area contributed by atoms with Crippen LogP contribution in [-0.4, -0.2) is 35.3 Å². The van der Waals surface area contributed by atoms with Crippen molar-refractivity contribution in [2.45, 2.75) is 38.7 Å². The van der Waals surface area contributed by atoms with E-state index in [9.17, 15) is 35.9 Å². The SMILES string of the molecule is CC[C@@H](C)[C@@H](NC(=O)Nc1cc(C(F)(F)F)cc(C(F)(F)F)c1)C(=O)Nc1nnc(-c2ccc(OC)cc2)s1. The van der Waals surface area contributed by atoms with Gasteiger partial charge in [-0.1, -0.05) is 31.6 Å². The van der Waals surface area contributed by atoms with Gasteiger partial charge in [0.2, 0.25) is 11.0 Å². The number of carbonyl (C=O) groups is 2. The summed E-state index contributed by atoms with van der Waals surface area (Å²) in [6, 6.07) is 5.26. The maximum atomic E-state index is 13.1. The highest BCUT2D eigenvalue weighted by Crippen LogP contribution is 2.37. The van der Waals surface area contributed by atoms with E-state index in [4.69, 9.17) is 4.74 Å². The molecule has 3 rings (SSSR count). The molecule has 3 amide bonds. The zero-order valence-electron chi connectivity index (χ0n) is 20.7. The molecule has 0 aliphatic rings. The standard InChI is InChI=1S/C24H23F6N5O3S/c1-4-12(2)18(19(36)33-22-35-34-20(39-22)13-5-7-17(38-3)8-6-13)32-21(37)31-16-10-14(23(25,26)27)9-15(11-16)24(28,29)30/h5-12,18H,4H2,1-3H3,(H2,31,32,37)(H,33,35,36)/t12-,18-/m1/s1. The molecule has 3 aromatic rings. The molecular weight excluding hydrogens is 552 g/mol. The van der Waals surface area contributed by atoms with Crippen LogP contribution in [0.4, 0.5) is 42.0 Å². The Balaban J connectivity index is 1.75. The molecule has 0 bridgehead atoms. The summed E-state index contributed by atoms with van der Waals surface area (Å²) in [6.07, 6.45) is -9.76. The Kier molecular flexibility index (Phi) is 9.04. The van der Waals surface area contributed by atoms with Crippen LogP contribution < -0.4 is 20.7 Å². The molecule has 3 N–H and O–H groups in total. The zero-order valence-corrected chi connectivity index (χ0v) is 21.5. The summed E-state index contributed by atoms with van der Waals surface area (Å²) in [7, 11) is 1.52. The van der Waals surface area contributed by atoms with Crippen LogP contribution in [0.15, 0.2) is 42.5 Å². The number of aromatic nitrogens is 2. The molecule has 0 saturated carbocycles. The summed E-state index contributed by atoms with van der Waals surface area (Å²) in [5.41, 5.74) is -3.21. The molecule has 0 radical (unpaired) electrons. The van der Waals surface area contributed by atoms with E-state index in [0.717, 1.165) is 11.3 Å². The third kappa shape index (κ3) is 7.81. The lowest BCUT2D eigenvalue weighted by Crippen LogP contribution is -2.49. The number of halogens is 6. The number of nitrogens with zero attached hydrogens (tertiary/aromatic N) is 2. The van der Waals surface area contributed by atoms with Crippen LogP contribution >= 0.6 is 11.3 Å². The molecule has 0 aliphatic carbocycles. The van der Waals surface area contributed by atoms with E-state index in [1.807, 2.05) is 5.32 Å². The number of anilines is 2. The van der Waals surface area contributed by atoms with Crippen molar-refractivity contribution < 1.29 is 40.7 Å². The van der Waals surface area contributed by atoms with Gasteiger partial charge in [-0.3, -0.25) is 10.1 Å². The van der Waals surface area contributed by atoms with Crippen LogP contribution in [0.5, 0.6) is 5.75 Å². The average Bonchev–Trinajstić information content (AvgIpc) is 3.34. The third-order valence-electron chi connectivity index (χ3n) is 5.62. The van der Waals surface area contributed by atoms with Crippen LogP contribution in [0.1, 0.15) is 31.4 Å². The van der Waals surface area contributed by atoms with E-state index >= 15 is 0 Å². The minimum atomic E-state index is -5.08. The number of nitrogens with one attached hydrogen (secondary N) is 3. The van der Waals surface area contributed by atoms with E-state index < -0.39 is 53.1 Å². The smallest absolute Gasteiger partial charge is 0.416 e. The number of carbonyl (C=O) groups excluding carboxylic acids is 2. The molecule has 1 heterocycles. The first-order chi connectivity index (χ1) is 18.2. The van der Waals surface area contributed by atoms with Crippen LogP contribution in [0.3, 0.4) is 0 Å². The number of hydrogen-bond donors (Lipinski definition) is 3. The van der Waals surface area contributed by atoms with Gasteiger partial charge in [-0.05, 0) is 48.4 Å². The van der Waals surface area contributed by atoms with Crippen molar-refractivity contribution in [2.75, 3.05) is 17.7 Å². The summed E-state index contributed by atoms with van der Waals surface area (Å²) in [6.45, 7) is 3.37. The van der Waals surface area contributed by atoms with Gasteiger partial charge in [-0.2, -0.15) is 26.3 Å². The molecule has 2 aromatic carbocycles. The molecule has 0 unspecified atom stereocenters. The van der Waals surface area contributed by atoms with Gasteiger partial charge in [-0.25, -0.2) is 4.79 Å². The van der Waals surface area contributed by atoms with Gasteiger partial charge in [0.25, 0.3) is 0 Å². The van der Waals surface area contributed by atoms with Gasteiger partial charge >= 0.3 is 18.4 Å². The molecule has 2 atom stereocenters. The molecule has 39 heavy (non-hydrogen) atoms. The molecular formula is C24H23F6N5O3S. The quantitative estimate of drug-likeness (QED) is 0.269. The summed E-state index contributed by atoms with van der Waals surface area (Å²) in [5, 5.41) is 15.4. The van der Waals surface area contributed by atoms with E-state index in [-0.39, 0.29) is 11.2 Å². The van der Waals surface area contributed by atoms with E-state index in [1.54, 1.807) is 38.1 Å². The highest BCUT2D eigenvalue weighted by Gasteiger charge is 2.37. The Morgan fingerprint density at radius 3 is 2.05 bits per heavy atom. The number of hydrogen-bond acceptors (Lipinski definition) is 6. The maximum absolute atomic E-state index is 13.1. The first kappa shape index (κ1) is 29.7. The van der Waals surface area contributed by atoms with Crippen molar-refractivity contribution in [1.29, 1.82) is 0 Å². The monoisotopic (exact) mass is 575 g/mol. The lowest BCUT2D eigenvalue weighted by molar-refractivity contribution is -0.143. The second-order valence-corrected chi connectivity index (χ2v) is 9.36. The number of ether oxygens (including phenoxy) is 1. The minimum absolute atomic E-state index is 0.0548. The van der Waals surface area contributed by atoms with Crippen molar-refractivity contribution in [1.82, 2.24) is 15.5 Å². The summed E-state index contributed by atoms with van der Waals surface area (Å²) in [4.78, 5) is 25.5. The lowest BCUT2D eigenvalue weighted by Gasteiger charge is -2.23. The Labute approximate surface area is 222 Å². The van der Waals surface area contributed by atoms with Crippen LogP contribution in [0.25, 0.3) is 10.6 Å².